The minimum atomic E-state index is -1.12. The molecule has 0 amide bonds. The summed E-state index contributed by atoms with van der Waals surface area (Å²) < 4.78 is 13.3. The number of carbonyl (C=O) groups is 1. The zero-order valence-corrected chi connectivity index (χ0v) is 14.5. The SMILES string of the molecule is O=C(O)C[C@H](O)C[C@H](O)/C=C\c1[nH]c2ccccc2c1-c1ccc(F)cc1. The number of aromatic nitrogens is 1. The van der Waals surface area contributed by atoms with E-state index in [2.05, 4.69) is 4.98 Å². The van der Waals surface area contributed by atoms with Gasteiger partial charge >= 0.3 is 5.97 Å². The van der Waals surface area contributed by atoms with E-state index in [9.17, 15) is 19.4 Å². The van der Waals surface area contributed by atoms with Crippen molar-refractivity contribution in [3.05, 3.63) is 66.1 Å². The van der Waals surface area contributed by atoms with Gasteiger partial charge in [0, 0.05) is 28.6 Å². The van der Waals surface area contributed by atoms with Gasteiger partial charge in [0.2, 0.25) is 0 Å². The summed E-state index contributed by atoms with van der Waals surface area (Å²) in [4.78, 5) is 13.9. The molecule has 1 heterocycles. The smallest absolute Gasteiger partial charge is 0.305 e. The first kappa shape index (κ1) is 18.8. The molecule has 6 heteroatoms. The molecule has 27 heavy (non-hydrogen) atoms. The number of nitrogens with one attached hydrogen (secondary N) is 1. The third-order valence-electron chi connectivity index (χ3n) is 4.28. The Hall–Kier alpha value is -2.96. The van der Waals surface area contributed by atoms with E-state index in [-0.39, 0.29) is 12.2 Å². The molecule has 0 spiro atoms. The van der Waals surface area contributed by atoms with Gasteiger partial charge in [-0.05, 0) is 29.8 Å². The van der Waals surface area contributed by atoms with Crippen molar-refractivity contribution >= 4 is 22.9 Å². The minimum absolute atomic E-state index is 0.0745. The molecule has 3 rings (SSSR count). The molecule has 140 valence electrons. The molecule has 0 radical (unpaired) electrons. The average Bonchev–Trinajstić information content (AvgIpc) is 2.98. The standard InChI is InChI=1S/C21H20FNO4/c22-14-7-5-13(6-8-14)21-17-3-1-2-4-18(17)23-19(21)10-9-15(24)11-16(25)12-20(26)27/h1-10,15-16,23-25H,11-12H2,(H,26,27)/b10-9-/t15-,16-/m1/s1. The number of aliphatic carboxylic acids is 1. The molecule has 4 N–H and O–H groups in total. The maximum atomic E-state index is 13.3. The Kier molecular flexibility index (Phi) is 5.69. The molecule has 0 aliphatic heterocycles. The molecule has 0 fully saturated rings. The van der Waals surface area contributed by atoms with E-state index in [1.54, 1.807) is 18.2 Å². The quantitative estimate of drug-likeness (QED) is 0.512. The first-order chi connectivity index (χ1) is 12.9. The summed E-state index contributed by atoms with van der Waals surface area (Å²) in [5.74, 6) is -1.44. The number of halogens is 1. The maximum absolute atomic E-state index is 13.3. The van der Waals surface area contributed by atoms with Crippen LogP contribution in [0.2, 0.25) is 0 Å². The predicted octanol–water partition coefficient (Wildman–Crippen LogP) is 3.57. The van der Waals surface area contributed by atoms with Crippen LogP contribution in [0.1, 0.15) is 18.5 Å². The van der Waals surface area contributed by atoms with Gasteiger partial charge < -0.3 is 20.3 Å². The lowest BCUT2D eigenvalue weighted by molar-refractivity contribution is -0.139. The topological polar surface area (TPSA) is 93.6 Å². The minimum Gasteiger partial charge on any atom is -0.481 e. The third kappa shape index (κ3) is 4.61. The summed E-state index contributed by atoms with van der Waals surface area (Å²) in [6, 6.07) is 13.8. The van der Waals surface area contributed by atoms with E-state index in [0.29, 0.717) is 0 Å². The number of H-pyrrole nitrogens is 1. The Morgan fingerprint density at radius 3 is 2.52 bits per heavy atom. The Balaban J connectivity index is 1.91. The highest BCUT2D eigenvalue weighted by Gasteiger charge is 2.15. The summed E-state index contributed by atoms with van der Waals surface area (Å²) in [5.41, 5.74) is 3.33. The molecule has 0 aliphatic rings. The molecule has 5 nitrogen and oxygen atoms in total. The van der Waals surface area contributed by atoms with Crippen LogP contribution >= 0.6 is 0 Å². The maximum Gasteiger partial charge on any atom is 0.305 e. The molecule has 3 aromatic rings. The van der Waals surface area contributed by atoms with Crippen LogP contribution in [-0.2, 0) is 4.79 Å². The van der Waals surface area contributed by atoms with E-state index in [1.807, 2.05) is 24.3 Å². The van der Waals surface area contributed by atoms with Gasteiger partial charge in [0.25, 0.3) is 0 Å². The van der Waals surface area contributed by atoms with Crippen LogP contribution in [0.5, 0.6) is 0 Å². The number of carboxylic acid groups (broad SMARTS) is 1. The normalized spacial score (nSPS) is 13.9. The molecule has 0 saturated heterocycles. The lowest BCUT2D eigenvalue weighted by Gasteiger charge is -2.10. The fourth-order valence-corrected chi connectivity index (χ4v) is 3.06. The van der Waals surface area contributed by atoms with Crippen LogP contribution in [0, 0.1) is 5.82 Å². The first-order valence-corrected chi connectivity index (χ1v) is 8.57. The van der Waals surface area contributed by atoms with Crippen molar-refractivity contribution in [3.8, 4) is 11.1 Å². The van der Waals surface area contributed by atoms with Gasteiger partial charge in [0.1, 0.15) is 5.82 Å². The number of fused-ring (bicyclic) bond motifs is 1. The number of aromatic amines is 1. The van der Waals surface area contributed by atoms with Crippen LogP contribution < -0.4 is 0 Å². The zero-order valence-electron chi connectivity index (χ0n) is 14.5. The molecule has 0 saturated carbocycles. The summed E-state index contributed by atoms with van der Waals surface area (Å²) in [7, 11) is 0. The van der Waals surface area contributed by atoms with Crippen molar-refractivity contribution < 1.29 is 24.5 Å². The molecule has 1 aromatic heterocycles. The van der Waals surface area contributed by atoms with Crippen molar-refractivity contribution in [3.63, 3.8) is 0 Å². The third-order valence-corrected chi connectivity index (χ3v) is 4.28. The second-order valence-corrected chi connectivity index (χ2v) is 6.38. The number of hydrogen-bond donors (Lipinski definition) is 4. The number of aliphatic hydroxyl groups is 2. The summed E-state index contributed by atoms with van der Waals surface area (Å²) in [6.07, 6.45) is 0.584. The number of hydrogen-bond acceptors (Lipinski definition) is 3. The second kappa shape index (κ2) is 8.16. The van der Waals surface area contributed by atoms with Crippen LogP contribution in [0.15, 0.2) is 54.6 Å². The average molecular weight is 369 g/mol. The molecule has 0 aliphatic carbocycles. The van der Waals surface area contributed by atoms with E-state index in [0.717, 1.165) is 27.7 Å². The van der Waals surface area contributed by atoms with Crippen LogP contribution in [-0.4, -0.2) is 38.5 Å². The van der Waals surface area contributed by atoms with E-state index in [1.165, 1.54) is 18.2 Å². The molecular formula is C21H20FNO4. The molecule has 0 bridgehead atoms. The van der Waals surface area contributed by atoms with Gasteiger partial charge in [0.15, 0.2) is 0 Å². The van der Waals surface area contributed by atoms with Crippen LogP contribution in [0.25, 0.3) is 28.1 Å². The van der Waals surface area contributed by atoms with Gasteiger partial charge in [-0.1, -0.05) is 36.4 Å². The van der Waals surface area contributed by atoms with E-state index in [4.69, 9.17) is 5.11 Å². The predicted molar refractivity (Wildman–Crippen MR) is 102 cm³/mol. The van der Waals surface area contributed by atoms with Crippen molar-refractivity contribution in [2.45, 2.75) is 25.0 Å². The van der Waals surface area contributed by atoms with Gasteiger partial charge in [-0.15, -0.1) is 0 Å². The van der Waals surface area contributed by atoms with Crippen LogP contribution in [0.3, 0.4) is 0 Å². The molecule has 2 aromatic carbocycles. The Labute approximate surface area is 155 Å². The van der Waals surface area contributed by atoms with Gasteiger partial charge in [0.05, 0.1) is 18.6 Å². The molecule has 0 unspecified atom stereocenters. The lowest BCUT2D eigenvalue weighted by atomic mass is 10.0. The highest BCUT2D eigenvalue weighted by molar-refractivity contribution is 6.00. The van der Waals surface area contributed by atoms with Crippen LogP contribution in [0.4, 0.5) is 4.39 Å². The Morgan fingerprint density at radius 2 is 1.81 bits per heavy atom. The van der Waals surface area contributed by atoms with Crippen molar-refractivity contribution in [2.75, 3.05) is 0 Å². The number of para-hydroxylation sites is 1. The van der Waals surface area contributed by atoms with E-state index >= 15 is 0 Å². The van der Waals surface area contributed by atoms with E-state index < -0.39 is 24.6 Å². The number of benzene rings is 2. The molecule has 2 atom stereocenters. The largest absolute Gasteiger partial charge is 0.481 e. The molecular weight excluding hydrogens is 349 g/mol. The fourth-order valence-electron chi connectivity index (χ4n) is 3.06. The Bertz CT molecular complexity index is 962. The summed E-state index contributed by atoms with van der Waals surface area (Å²) >= 11 is 0. The fraction of sp³-hybridized carbons (Fsp3) is 0.190. The van der Waals surface area contributed by atoms with Gasteiger partial charge in [-0.25, -0.2) is 4.39 Å². The second-order valence-electron chi connectivity index (χ2n) is 6.38. The number of carboxylic acids is 1. The van der Waals surface area contributed by atoms with Crippen molar-refractivity contribution in [1.82, 2.24) is 4.98 Å². The van der Waals surface area contributed by atoms with Crippen molar-refractivity contribution in [2.24, 2.45) is 0 Å². The van der Waals surface area contributed by atoms with Gasteiger partial charge in [-0.3, -0.25) is 4.79 Å². The first-order valence-electron chi connectivity index (χ1n) is 8.57. The summed E-state index contributed by atoms with van der Waals surface area (Å²) in [6.45, 7) is 0. The number of aliphatic hydroxyl groups excluding tert-OH is 2. The monoisotopic (exact) mass is 369 g/mol. The number of rotatable bonds is 7. The van der Waals surface area contributed by atoms with Crippen molar-refractivity contribution in [1.29, 1.82) is 0 Å². The highest BCUT2D eigenvalue weighted by atomic mass is 19.1. The zero-order chi connectivity index (χ0) is 19.4. The Morgan fingerprint density at radius 1 is 1.11 bits per heavy atom. The highest BCUT2D eigenvalue weighted by Crippen LogP contribution is 2.33. The lowest BCUT2D eigenvalue weighted by Crippen LogP contribution is -2.19. The van der Waals surface area contributed by atoms with Gasteiger partial charge in [-0.2, -0.15) is 0 Å². The summed E-state index contributed by atoms with van der Waals surface area (Å²) in [5, 5.41) is 29.3.